The Balaban J connectivity index is 2.67. The van der Waals surface area contributed by atoms with Crippen LogP contribution < -0.4 is 0 Å². The zero-order valence-electron chi connectivity index (χ0n) is 16.1. The van der Waals surface area contributed by atoms with E-state index in [2.05, 4.69) is 45.9 Å². The molecule has 0 amide bonds. The fourth-order valence-corrected chi connectivity index (χ4v) is 2.99. The predicted molar refractivity (Wildman–Crippen MR) is 103 cm³/mol. The van der Waals surface area contributed by atoms with E-state index in [0.29, 0.717) is 6.61 Å². The highest BCUT2D eigenvalue weighted by atomic mass is 16.5. The van der Waals surface area contributed by atoms with Crippen LogP contribution in [0.3, 0.4) is 0 Å². The number of carbonyl (C=O) groups excluding carboxylic acids is 1. The maximum absolute atomic E-state index is 10.7. The van der Waals surface area contributed by atoms with E-state index in [1.54, 1.807) is 0 Å². The summed E-state index contributed by atoms with van der Waals surface area (Å²) in [5.41, 5.74) is 5.60. The van der Waals surface area contributed by atoms with Crippen molar-refractivity contribution in [1.29, 1.82) is 0 Å². The molecule has 0 unspecified atom stereocenters. The summed E-state index contributed by atoms with van der Waals surface area (Å²) < 4.78 is 4.89. The monoisotopic (exact) mass is 328 g/mol. The second-order valence-electron chi connectivity index (χ2n) is 7.29. The smallest absolute Gasteiger partial charge is 0.302 e. The lowest BCUT2D eigenvalue weighted by molar-refractivity contribution is -0.139. The minimum Gasteiger partial charge on any atom is -0.462 e. The van der Waals surface area contributed by atoms with Gasteiger partial charge >= 0.3 is 5.97 Å². The van der Waals surface area contributed by atoms with Crippen molar-refractivity contribution in [3.8, 4) is 0 Å². The first-order valence-electron chi connectivity index (χ1n) is 8.76. The second kappa shape index (κ2) is 9.46. The van der Waals surface area contributed by atoms with Gasteiger partial charge < -0.3 is 4.74 Å². The van der Waals surface area contributed by atoms with Gasteiger partial charge in [0.1, 0.15) is 6.61 Å². The number of esters is 1. The van der Waals surface area contributed by atoms with Crippen LogP contribution in [0.2, 0.25) is 0 Å². The van der Waals surface area contributed by atoms with Crippen LogP contribution in [0.15, 0.2) is 58.7 Å². The van der Waals surface area contributed by atoms with E-state index in [1.807, 2.05) is 25.2 Å². The first-order chi connectivity index (χ1) is 11.2. The van der Waals surface area contributed by atoms with Crippen molar-refractivity contribution < 1.29 is 9.53 Å². The van der Waals surface area contributed by atoms with Crippen LogP contribution in [0.1, 0.15) is 60.8 Å². The van der Waals surface area contributed by atoms with Crippen molar-refractivity contribution >= 4 is 5.97 Å². The number of hydrogen-bond acceptors (Lipinski definition) is 2. The molecule has 0 aromatic carbocycles. The van der Waals surface area contributed by atoms with Gasteiger partial charge in [0.2, 0.25) is 0 Å². The third-order valence-corrected chi connectivity index (χ3v) is 4.47. The minimum absolute atomic E-state index is 0.251. The lowest BCUT2D eigenvalue weighted by Gasteiger charge is -2.32. The molecule has 0 radical (unpaired) electrons. The van der Waals surface area contributed by atoms with Crippen molar-refractivity contribution in [3.63, 3.8) is 0 Å². The van der Waals surface area contributed by atoms with Crippen molar-refractivity contribution in [1.82, 2.24) is 0 Å². The van der Waals surface area contributed by atoms with Crippen molar-refractivity contribution in [2.45, 2.75) is 60.8 Å². The number of allylic oxidation sites excluding steroid dienone is 9. The van der Waals surface area contributed by atoms with Crippen LogP contribution in [0.5, 0.6) is 0 Å². The predicted octanol–water partition coefficient (Wildman–Crippen LogP) is 6.08. The van der Waals surface area contributed by atoms with Gasteiger partial charge in [-0.3, -0.25) is 4.79 Å². The van der Waals surface area contributed by atoms with E-state index in [-0.39, 0.29) is 11.4 Å². The summed E-state index contributed by atoms with van der Waals surface area (Å²) in [4.78, 5) is 10.7. The average Bonchev–Trinajstić information content (AvgIpc) is 2.45. The van der Waals surface area contributed by atoms with E-state index >= 15 is 0 Å². The van der Waals surface area contributed by atoms with E-state index in [4.69, 9.17) is 4.74 Å². The molecule has 0 saturated heterocycles. The summed E-state index contributed by atoms with van der Waals surface area (Å²) in [6, 6.07) is 0. The minimum atomic E-state index is -0.251. The molecule has 2 heteroatoms. The van der Waals surface area contributed by atoms with Crippen molar-refractivity contribution in [2.75, 3.05) is 6.61 Å². The van der Waals surface area contributed by atoms with Crippen molar-refractivity contribution in [3.05, 3.63) is 58.7 Å². The maximum Gasteiger partial charge on any atom is 0.302 e. The fraction of sp³-hybridized carbons (Fsp3) is 0.500. The summed E-state index contributed by atoms with van der Waals surface area (Å²) in [6.07, 6.45) is 16.3. The van der Waals surface area contributed by atoms with Gasteiger partial charge in [0.15, 0.2) is 0 Å². The highest BCUT2D eigenvalue weighted by Crippen LogP contribution is 2.40. The van der Waals surface area contributed by atoms with E-state index in [0.717, 1.165) is 5.57 Å². The molecular formula is C22H32O2. The lowest BCUT2D eigenvalue weighted by atomic mass is 9.72. The van der Waals surface area contributed by atoms with Gasteiger partial charge in [-0.05, 0) is 57.1 Å². The molecule has 0 spiro atoms. The Labute approximate surface area is 147 Å². The molecule has 24 heavy (non-hydrogen) atoms. The molecule has 132 valence electrons. The first kappa shape index (κ1) is 20.2. The zero-order valence-corrected chi connectivity index (χ0v) is 16.1. The molecule has 0 aromatic heterocycles. The van der Waals surface area contributed by atoms with E-state index in [1.165, 1.54) is 42.9 Å². The standard InChI is InChI=1S/C22H32O2/c1-17(9-7-10-18(2)14-16-24-20(4)23)12-13-21-19(3)11-8-15-22(21,5)6/h7,9-10,12-14H,8,11,15-16H2,1-6H3/b10-7?,13-12?,17-9?,18-14+. The molecular weight excluding hydrogens is 296 g/mol. The molecule has 0 bridgehead atoms. The van der Waals surface area contributed by atoms with Crippen LogP contribution in [-0.4, -0.2) is 12.6 Å². The normalized spacial score (nSPS) is 19.4. The number of carbonyl (C=O) groups is 1. The molecule has 0 atom stereocenters. The fourth-order valence-electron chi connectivity index (χ4n) is 2.99. The average molecular weight is 328 g/mol. The Morgan fingerprint density at radius 2 is 1.88 bits per heavy atom. The van der Waals surface area contributed by atoms with E-state index < -0.39 is 0 Å². The van der Waals surface area contributed by atoms with Crippen LogP contribution in [0.25, 0.3) is 0 Å². The van der Waals surface area contributed by atoms with Gasteiger partial charge in [-0.2, -0.15) is 0 Å². The van der Waals surface area contributed by atoms with Gasteiger partial charge in [-0.15, -0.1) is 0 Å². The second-order valence-corrected chi connectivity index (χ2v) is 7.29. The molecule has 1 aliphatic rings. The van der Waals surface area contributed by atoms with Crippen LogP contribution in [-0.2, 0) is 9.53 Å². The molecule has 1 rings (SSSR count). The Bertz CT molecular complexity index is 595. The number of ether oxygens (including phenoxy) is 1. The highest BCUT2D eigenvalue weighted by Gasteiger charge is 2.26. The summed E-state index contributed by atoms with van der Waals surface area (Å²) in [5.74, 6) is -0.251. The third-order valence-electron chi connectivity index (χ3n) is 4.47. The molecule has 1 aliphatic carbocycles. The van der Waals surface area contributed by atoms with Gasteiger partial charge in [0.25, 0.3) is 0 Å². The van der Waals surface area contributed by atoms with Gasteiger partial charge in [-0.1, -0.05) is 60.9 Å². The quantitative estimate of drug-likeness (QED) is 0.436. The SMILES string of the molecule is CC(=O)OC/C=C(\C)C=CC=C(C)C=CC1=C(C)CCCC1(C)C. The van der Waals surface area contributed by atoms with Crippen LogP contribution in [0.4, 0.5) is 0 Å². The first-order valence-corrected chi connectivity index (χ1v) is 8.76. The molecule has 0 fully saturated rings. The van der Waals surface area contributed by atoms with E-state index in [9.17, 15) is 4.79 Å². The molecule has 0 saturated carbocycles. The number of rotatable bonds is 6. The topological polar surface area (TPSA) is 26.3 Å². The summed E-state index contributed by atoms with van der Waals surface area (Å²) in [7, 11) is 0. The van der Waals surface area contributed by atoms with Gasteiger partial charge in [-0.25, -0.2) is 0 Å². The molecule has 2 nitrogen and oxygen atoms in total. The third kappa shape index (κ3) is 7.16. The Morgan fingerprint density at radius 1 is 1.17 bits per heavy atom. The molecule has 0 heterocycles. The summed E-state index contributed by atoms with van der Waals surface area (Å²) in [6.45, 7) is 12.8. The van der Waals surface area contributed by atoms with Gasteiger partial charge in [0.05, 0.1) is 0 Å². The largest absolute Gasteiger partial charge is 0.462 e. The highest BCUT2D eigenvalue weighted by molar-refractivity contribution is 5.66. The Kier molecular flexibility index (Phi) is 7.97. The molecule has 0 aromatic rings. The maximum atomic E-state index is 10.7. The molecule has 0 aliphatic heterocycles. The van der Waals surface area contributed by atoms with Crippen molar-refractivity contribution in [2.24, 2.45) is 5.41 Å². The summed E-state index contributed by atoms with van der Waals surface area (Å²) in [5, 5.41) is 0. The Morgan fingerprint density at radius 3 is 2.50 bits per heavy atom. The Hall–Kier alpha value is -1.83. The van der Waals surface area contributed by atoms with Crippen LogP contribution >= 0.6 is 0 Å². The molecule has 0 N–H and O–H groups in total. The number of hydrogen-bond donors (Lipinski definition) is 0. The zero-order chi connectivity index (χ0) is 18.2. The van der Waals surface area contributed by atoms with Crippen LogP contribution in [0, 0.1) is 5.41 Å². The summed E-state index contributed by atoms with van der Waals surface area (Å²) >= 11 is 0. The lowest BCUT2D eigenvalue weighted by Crippen LogP contribution is -2.19. The van der Waals surface area contributed by atoms with Gasteiger partial charge in [0, 0.05) is 6.92 Å².